The Bertz CT molecular complexity index is 672. The van der Waals surface area contributed by atoms with E-state index < -0.39 is 5.60 Å². The molecule has 2 aromatic rings. The van der Waals surface area contributed by atoms with Gasteiger partial charge in [-0.2, -0.15) is 0 Å². The van der Waals surface area contributed by atoms with Crippen LogP contribution < -0.4 is 5.32 Å². The van der Waals surface area contributed by atoms with Crippen molar-refractivity contribution in [1.29, 1.82) is 0 Å². The smallest absolute Gasteiger partial charge is 0.149 e. The lowest BCUT2D eigenvalue weighted by atomic mass is 10.1. The summed E-state index contributed by atoms with van der Waals surface area (Å²) in [4.78, 5) is 6.27. The maximum Gasteiger partial charge on any atom is 0.149 e. The van der Waals surface area contributed by atoms with Crippen LogP contribution in [0.5, 0.6) is 0 Å². The van der Waals surface area contributed by atoms with E-state index in [2.05, 4.69) is 15.2 Å². The molecule has 0 spiro atoms. The largest absolute Gasteiger partial charge is 0.387 e. The lowest BCUT2D eigenvalue weighted by Crippen LogP contribution is -2.49. The first kappa shape index (κ1) is 16.1. The van der Waals surface area contributed by atoms with Gasteiger partial charge in [0, 0.05) is 43.4 Å². The van der Waals surface area contributed by atoms with Crippen LogP contribution in [0.1, 0.15) is 6.92 Å². The fraction of sp³-hybridized carbons (Fsp3) is 0.471. The Hall–Kier alpha value is -1.76. The Morgan fingerprint density at radius 3 is 2.91 bits per heavy atom. The lowest BCUT2D eigenvalue weighted by molar-refractivity contribution is -0.0163. The first-order chi connectivity index (χ1) is 11.1. The highest BCUT2D eigenvalue weighted by Crippen LogP contribution is 2.24. The second kappa shape index (κ2) is 6.78. The quantitative estimate of drug-likeness (QED) is 0.881. The van der Waals surface area contributed by atoms with Gasteiger partial charge in [0.1, 0.15) is 11.3 Å². The number of β-amino-alcohol motifs (C(OH)–C–C–N with tert-alkyl or cyclic N) is 1. The van der Waals surface area contributed by atoms with Crippen molar-refractivity contribution in [2.24, 2.45) is 0 Å². The van der Waals surface area contributed by atoms with Gasteiger partial charge in [-0.1, -0.05) is 12.1 Å². The summed E-state index contributed by atoms with van der Waals surface area (Å²) >= 11 is 0. The highest BCUT2D eigenvalue weighted by molar-refractivity contribution is 5.91. The molecular weight excluding hydrogens is 297 g/mol. The molecule has 0 amide bonds. The average Bonchev–Trinajstić information content (AvgIpc) is 2.54. The van der Waals surface area contributed by atoms with Gasteiger partial charge in [0.15, 0.2) is 0 Å². The Kier molecular flexibility index (Phi) is 4.75. The number of nitrogens with zero attached hydrogens (tertiary/aromatic N) is 2. The molecule has 1 aromatic carbocycles. The number of nitrogens with one attached hydrogen (secondary N) is 1. The number of hydrogen-bond acceptors (Lipinski definition) is 5. The van der Waals surface area contributed by atoms with Gasteiger partial charge in [0.05, 0.1) is 18.8 Å². The van der Waals surface area contributed by atoms with Gasteiger partial charge in [-0.3, -0.25) is 9.88 Å². The van der Waals surface area contributed by atoms with Crippen molar-refractivity contribution in [2.75, 3.05) is 44.7 Å². The van der Waals surface area contributed by atoms with E-state index in [1.54, 1.807) is 25.3 Å². The van der Waals surface area contributed by atoms with Gasteiger partial charge in [-0.15, -0.1) is 0 Å². The fourth-order valence-electron chi connectivity index (χ4n) is 2.88. The van der Waals surface area contributed by atoms with E-state index in [1.165, 1.54) is 6.07 Å². The molecule has 0 radical (unpaired) electrons. The molecular formula is C17H22FN3O2. The number of aromatic nitrogens is 1. The maximum atomic E-state index is 13.8. The molecule has 5 nitrogen and oxygen atoms in total. The monoisotopic (exact) mass is 319 g/mol. The summed E-state index contributed by atoms with van der Waals surface area (Å²) in [6.45, 7) is 5.83. The molecule has 2 heterocycles. The lowest BCUT2D eigenvalue weighted by Gasteiger charge is -2.34. The van der Waals surface area contributed by atoms with Crippen molar-refractivity contribution in [2.45, 2.75) is 12.5 Å². The van der Waals surface area contributed by atoms with Crippen LogP contribution in [0.4, 0.5) is 10.1 Å². The Morgan fingerprint density at radius 1 is 1.35 bits per heavy atom. The number of anilines is 1. The zero-order valence-electron chi connectivity index (χ0n) is 13.3. The molecule has 0 bridgehead atoms. The van der Waals surface area contributed by atoms with Crippen molar-refractivity contribution in [3.63, 3.8) is 0 Å². The maximum absolute atomic E-state index is 13.8. The summed E-state index contributed by atoms with van der Waals surface area (Å²) in [6, 6.07) is 6.68. The molecule has 0 saturated carbocycles. The third kappa shape index (κ3) is 3.96. The number of aliphatic hydroxyl groups is 1. The van der Waals surface area contributed by atoms with Crippen molar-refractivity contribution < 1.29 is 14.2 Å². The SMILES string of the molecule is C[C@](O)(CNc1ccnc2c(F)cccc12)CN1CCOCC1. The molecule has 23 heavy (non-hydrogen) atoms. The normalized spacial score (nSPS) is 18.7. The molecule has 1 fully saturated rings. The zero-order chi connectivity index (χ0) is 16.3. The second-order valence-corrected chi connectivity index (χ2v) is 6.23. The van der Waals surface area contributed by atoms with Crippen LogP contribution in [0.2, 0.25) is 0 Å². The predicted octanol–water partition coefficient (Wildman–Crippen LogP) is 1.87. The predicted molar refractivity (Wildman–Crippen MR) is 88.1 cm³/mol. The van der Waals surface area contributed by atoms with Crippen LogP contribution in [0, 0.1) is 5.82 Å². The van der Waals surface area contributed by atoms with Crippen LogP contribution in [-0.4, -0.2) is 60.0 Å². The number of halogens is 1. The number of para-hydroxylation sites is 1. The molecule has 3 rings (SSSR count). The third-order valence-corrected chi connectivity index (χ3v) is 4.05. The van der Waals surface area contributed by atoms with E-state index in [0.717, 1.165) is 24.2 Å². The van der Waals surface area contributed by atoms with Crippen LogP contribution in [0.15, 0.2) is 30.5 Å². The van der Waals surface area contributed by atoms with Gasteiger partial charge >= 0.3 is 0 Å². The van der Waals surface area contributed by atoms with Crippen molar-refractivity contribution in [3.05, 3.63) is 36.3 Å². The minimum absolute atomic E-state index is 0.338. The van der Waals surface area contributed by atoms with E-state index in [4.69, 9.17) is 4.74 Å². The van der Waals surface area contributed by atoms with Crippen LogP contribution in [-0.2, 0) is 4.74 Å². The second-order valence-electron chi connectivity index (χ2n) is 6.23. The molecule has 6 heteroatoms. The summed E-state index contributed by atoms with van der Waals surface area (Å²) in [5.41, 5.74) is 0.224. The molecule has 0 unspecified atom stereocenters. The molecule has 1 aromatic heterocycles. The zero-order valence-corrected chi connectivity index (χ0v) is 13.3. The first-order valence-corrected chi connectivity index (χ1v) is 7.85. The summed E-state index contributed by atoms with van der Waals surface area (Å²) < 4.78 is 19.1. The van der Waals surface area contributed by atoms with Gasteiger partial charge in [0.25, 0.3) is 0 Å². The van der Waals surface area contributed by atoms with Gasteiger partial charge in [0.2, 0.25) is 0 Å². The summed E-state index contributed by atoms with van der Waals surface area (Å²) in [7, 11) is 0. The van der Waals surface area contributed by atoms with Gasteiger partial charge in [-0.25, -0.2) is 4.39 Å². The number of rotatable bonds is 5. The Balaban J connectivity index is 1.68. The van der Waals surface area contributed by atoms with Gasteiger partial charge < -0.3 is 15.2 Å². The van der Waals surface area contributed by atoms with E-state index in [9.17, 15) is 9.50 Å². The fourth-order valence-corrected chi connectivity index (χ4v) is 2.88. The Labute approximate surface area is 135 Å². The highest BCUT2D eigenvalue weighted by atomic mass is 19.1. The number of morpholine rings is 1. The van der Waals surface area contributed by atoms with Crippen molar-refractivity contribution in [3.8, 4) is 0 Å². The minimum Gasteiger partial charge on any atom is -0.387 e. The summed E-state index contributed by atoms with van der Waals surface area (Å²) in [5.74, 6) is -0.341. The number of fused-ring (bicyclic) bond motifs is 1. The number of ether oxygens (including phenoxy) is 1. The molecule has 2 N–H and O–H groups in total. The van der Waals surface area contributed by atoms with E-state index in [1.807, 2.05) is 6.07 Å². The summed E-state index contributed by atoms with van der Waals surface area (Å²) in [6.07, 6.45) is 1.57. The van der Waals surface area contributed by atoms with E-state index in [0.29, 0.717) is 31.8 Å². The average molecular weight is 319 g/mol. The van der Waals surface area contributed by atoms with Crippen molar-refractivity contribution in [1.82, 2.24) is 9.88 Å². The van der Waals surface area contributed by atoms with Crippen molar-refractivity contribution >= 4 is 16.6 Å². The number of hydrogen-bond donors (Lipinski definition) is 2. The third-order valence-electron chi connectivity index (χ3n) is 4.05. The standard InChI is InChI=1S/C17H22FN3O2/c1-17(22,12-21-7-9-23-10-8-21)11-20-15-5-6-19-16-13(15)3-2-4-14(16)18/h2-6,22H,7-12H2,1H3,(H,19,20)/t17-/m0/s1. The molecule has 124 valence electrons. The van der Waals surface area contributed by atoms with E-state index >= 15 is 0 Å². The number of benzene rings is 1. The molecule has 1 aliphatic heterocycles. The molecule has 1 aliphatic rings. The van der Waals surface area contributed by atoms with E-state index in [-0.39, 0.29) is 5.82 Å². The highest BCUT2D eigenvalue weighted by Gasteiger charge is 2.25. The molecule has 1 saturated heterocycles. The molecule has 0 aliphatic carbocycles. The minimum atomic E-state index is -0.889. The summed E-state index contributed by atoms with van der Waals surface area (Å²) in [5, 5.41) is 14.6. The Morgan fingerprint density at radius 2 is 2.13 bits per heavy atom. The first-order valence-electron chi connectivity index (χ1n) is 7.85. The van der Waals surface area contributed by atoms with Gasteiger partial charge in [-0.05, 0) is 19.1 Å². The number of pyridine rings is 1. The van der Waals surface area contributed by atoms with Crippen LogP contribution in [0.3, 0.4) is 0 Å². The van der Waals surface area contributed by atoms with Crippen LogP contribution >= 0.6 is 0 Å². The van der Waals surface area contributed by atoms with Crippen LogP contribution in [0.25, 0.3) is 10.9 Å². The topological polar surface area (TPSA) is 57.6 Å². The molecule has 1 atom stereocenters.